The second kappa shape index (κ2) is 7.24. The molecule has 0 atom stereocenters. The Hall–Kier alpha value is -3.66. The van der Waals surface area contributed by atoms with Crippen LogP contribution in [0.1, 0.15) is 0 Å². The first-order valence-corrected chi connectivity index (χ1v) is 9.72. The van der Waals surface area contributed by atoms with Gasteiger partial charge in [-0.15, -0.1) is 10.2 Å². The van der Waals surface area contributed by atoms with E-state index in [2.05, 4.69) is 15.2 Å². The van der Waals surface area contributed by atoms with E-state index in [0.29, 0.717) is 69.1 Å². The van der Waals surface area contributed by atoms with Crippen LogP contribution in [0.5, 0.6) is 23.1 Å². The molecule has 160 valence electrons. The second-order valence-electron chi connectivity index (χ2n) is 7.48. The van der Waals surface area contributed by atoms with Crippen molar-refractivity contribution in [2.75, 3.05) is 41.7 Å². The molecule has 0 saturated carbocycles. The number of rotatable bonds is 5. The topological polar surface area (TPSA) is 101 Å². The molecule has 31 heavy (non-hydrogen) atoms. The molecule has 0 radical (unpaired) electrons. The Morgan fingerprint density at radius 2 is 1.84 bits per heavy atom. The second-order valence-corrected chi connectivity index (χ2v) is 7.48. The number of ether oxygens (including phenoxy) is 4. The lowest BCUT2D eigenvalue weighted by atomic mass is 10.1. The number of nitrogens with zero attached hydrogens (tertiary/aromatic N) is 5. The molecular formula is C21H21N5O5. The molecule has 0 unspecified atom stereocenters. The molecule has 0 fully saturated rings. The molecule has 3 aromatic heterocycles. The molecule has 5 rings (SSSR count). The normalized spacial score (nSPS) is 12.9. The van der Waals surface area contributed by atoms with E-state index in [1.165, 1.54) is 14.2 Å². The van der Waals surface area contributed by atoms with Gasteiger partial charge >= 0.3 is 0 Å². The zero-order valence-corrected chi connectivity index (χ0v) is 17.6. The molecule has 0 amide bonds. The highest BCUT2D eigenvalue weighted by Crippen LogP contribution is 2.38. The van der Waals surface area contributed by atoms with Gasteiger partial charge in [0.1, 0.15) is 11.2 Å². The number of pyridine rings is 2. The monoisotopic (exact) mass is 423 g/mol. The van der Waals surface area contributed by atoms with Crippen molar-refractivity contribution in [3.63, 3.8) is 0 Å². The quantitative estimate of drug-likeness (QED) is 0.445. The summed E-state index contributed by atoms with van der Waals surface area (Å²) in [6.07, 6.45) is 0. The van der Waals surface area contributed by atoms with E-state index < -0.39 is 0 Å². The predicted molar refractivity (Wildman–Crippen MR) is 114 cm³/mol. The lowest BCUT2D eigenvalue weighted by Crippen LogP contribution is -2.28. The van der Waals surface area contributed by atoms with Crippen molar-refractivity contribution in [2.45, 2.75) is 6.54 Å². The molecule has 0 spiro atoms. The third kappa shape index (κ3) is 2.98. The first-order chi connectivity index (χ1) is 15.0. The van der Waals surface area contributed by atoms with Crippen LogP contribution in [0, 0.1) is 0 Å². The van der Waals surface area contributed by atoms with Gasteiger partial charge in [0, 0.05) is 29.9 Å². The van der Waals surface area contributed by atoms with Gasteiger partial charge in [0.25, 0.3) is 11.4 Å². The van der Waals surface area contributed by atoms with Crippen molar-refractivity contribution in [1.82, 2.24) is 24.6 Å². The molecular weight excluding hydrogens is 402 g/mol. The Bertz CT molecular complexity index is 1400. The van der Waals surface area contributed by atoms with Gasteiger partial charge in [-0.2, -0.15) is 4.98 Å². The Morgan fingerprint density at radius 3 is 2.55 bits per heavy atom. The number of hydrogen-bond donors (Lipinski definition) is 0. The Labute approximate surface area is 176 Å². The maximum absolute atomic E-state index is 13.7. The van der Waals surface area contributed by atoms with Gasteiger partial charge in [-0.25, -0.2) is 0 Å². The number of aromatic nitrogens is 4. The van der Waals surface area contributed by atoms with Gasteiger partial charge in [-0.05, 0) is 26.2 Å². The SMILES string of the molecule is COc1cc2c3nnc4cc5c(cc4c3c(=O)n(CCN(C)C)c2nc1OC)OCO5. The Balaban J connectivity index is 1.93. The zero-order valence-electron chi connectivity index (χ0n) is 17.6. The summed E-state index contributed by atoms with van der Waals surface area (Å²) < 4.78 is 23.4. The van der Waals surface area contributed by atoms with E-state index in [4.69, 9.17) is 18.9 Å². The number of fused-ring (bicyclic) bond motifs is 6. The number of likely N-dealkylation sites (N-methyl/N-ethyl adjacent to an activating group) is 1. The maximum Gasteiger partial charge on any atom is 0.262 e. The van der Waals surface area contributed by atoms with Gasteiger partial charge in [0.15, 0.2) is 17.2 Å². The number of methoxy groups -OCH3 is 2. The maximum atomic E-state index is 13.7. The van der Waals surface area contributed by atoms with Gasteiger partial charge in [-0.1, -0.05) is 0 Å². The fourth-order valence-electron chi connectivity index (χ4n) is 3.78. The fourth-order valence-corrected chi connectivity index (χ4v) is 3.78. The first kappa shape index (κ1) is 19.3. The molecule has 0 bridgehead atoms. The summed E-state index contributed by atoms with van der Waals surface area (Å²) in [5.74, 6) is 1.90. The molecule has 1 aliphatic rings. The zero-order chi connectivity index (χ0) is 21.7. The molecule has 0 N–H and O–H groups in total. The van der Waals surface area contributed by atoms with E-state index in [-0.39, 0.29) is 12.4 Å². The van der Waals surface area contributed by atoms with Crippen LogP contribution in [0.15, 0.2) is 23.0 Å². The summed E-state index contributed by atoms with van der Waals surface area (Å²) in [4.78, 5) is 20.3. The van der Waals surface area contributed by atoms with E-state index in [1.54, 1.807) is 22.8 Å². The molecule has 1 aliphatic heterocycles. The van der Waals surface area contributed by atoms with Gasteiger partial charge < -0.3 is 23.8 Å². The molecule has 0 saturated heterocycles. The van der Waals surface area contributed by atoms with Gasteiger partial charge in [0.2, 0.25) is 6.79 Å². The molecule has 4 aromatic rings. The van der Waals surface area contributed by atoms with Crippen molar-refractivity contribution >= 4 is 32.8 Å². The fraction of sp³-hybridized carbons (Fsp3) is 0.333. The minimum Gasteiger partial charge on any atom is -0.491 e. The standard InChI is InChI=1S/C21H21N5O5/c1-25(2)5-6-26-19-12(8-16(28-3)20(22-19)29-4)18-17(21(26)27)11-7-14-15(31-10-30-14)9-13(11)23-24-18/h7-9H,5-6,10H2,1-4H3. The van der Waals surface area contributed by atoms with Crippen LogP contribution in [-0.2, 0) is 6.54 Å². The summed E-state index contributed by atoms with van der Waals surface area (Å²) in [7, 11) is 6.95. The van der Waals surface area contributed by atoms with Crippen LogP contribution in [0.3, 0.4) is 0 Å². The highest BCUT2D eigenvalue weighted by atomic mass is 16.7. The summed E-state index contributed by atoms with van der Waals surface area (Å²) in [6, 6.07) is 5.31. The van der Waals surface area contributed by atoms with Crippen LogP contribution in [0.25, 0.3) is 32.8 Å². The van der Waals surface area contributed by atoms with E-state index in [1.807, 2.05) is 19.0 Å². The minimum absolute atomic E-state index is 0.133. The minimum atomic E-state index is -0.206. The lowest BCUT2D eigenvalue weighted by molar-refractivity contribution is 0.174. The summed E-state index contributed by atoms with van der Waals surface area (Å²) >= 11 is 0. The molecule has 4 heterocycles. The van der Waals surface area contributed by atoms with Crippen molar-refractivity contribution < 1.29 is 18.9 Å². The van der Waals surface area contributed by atoms with Gasteiger partial charge in [-0.3, -0.25) is 9.36 Å². The van der Waals surface area contributed by atoms with Crippen molar-refractivity contribution in [1.29, 1.82) is 0 Å². The van der Waals surface area contributed by atoms with Gasteiger partial charge in [0.05, 0.1) is 25.1 Å². The highest BCUT2D eigenvalue weighted by molar-refractivity contribution is 6.13. The molecule has 10 heteroatoms. The average molecular weight is 423 g/mol. The summed E-state index contributed by atoms with van der Waals surface area (Å²) in [6.45, 7) is 1.22. The van der Waals surface area contributed by atoms with E-state index in [9.17, 15) is 4.79 Å². The average Bonchev–Trinajstić information content (AvgIpc) is 3.23. The van der Waals surface area contributed by atoms with Crippen molar-refractivity contribution in [3.8, 4) is 23.1 Å². The first-order valence-electron chi connectivity index (χ1n) is 9.72. The van der Waals surface area contributed by atoms with Crippen molar-refractivity contribution in [2.24, 2.45) is 0 Å². The lowest BCUT2D eigenvalue weighted by Gasteiger charge is -2.17. The number of hydrogen-bond acceptors (Lipinski definition) is 9. The van der Waals surface area contributed by atoms with Crippen LogP contribution in [-0.4, -0.2) is 66.3 Å². The predicted octanol–water partition coefficient (Wildman–Crippen LogP) is 1.80. The van der Waals surface area contributed by atoms with Crippen molar-refractivity contribution in [3.05, 3.63) is 28.6 Å². The van der Waals surface area contributed by atoms with Crippen LogP contribution >= 0.6 is 0 Å². The van der Waals surface area contributed by atoms with Crippen LogP contribution in [0.4, 0.5) is 0 Å². The largest absolute Gasteiger partial charge is 0.491 e. The Morgan fingerprint density at radius 1 is 1.06 bits per heavy atom. The Kier molecular flexibility index (Phi) is 4.51. The van der Waals surface area contributed by atoms with Crippen LogP contribution < -0.4 is 24.5 Å². The summed E-state index contributed by atoms with van der Waals surface area (Å²) in [5, 5.41) is 10.5. The van der Waals surface area contributed by atoms with E-state index >= 15 is 0 Å². The molecule has 10 nitrogen and oxygen atoms in total. The molecule has 1 aromatic carbocycles. The number of benzene rings is 1. The summed E-state index contributed by atoms with van der Waals surface area (Å²) in [5.41, 5.74) is 1.26. The smallest absolute Gasteiger partial charge is 0.262 e. The molecule has 0 aliphatic carbocycles. The third-order valence-electron chi connectivity index (χ3n) is 5.34. The third-order valence-corrected chi connectivity index (χ3v) is 5.34. The van der Waals surface area contributed by atoms with E-state index in [0.717, 1.165) is 0 Å². The van der Waals surface area contributed by atoms with Crippen LogP contribution in [0.2, 0.25) is 0 Å². The highest BCUT2D eigenvalue weighted by Gasteiger charge is 2.22.